The summed E-state index contributed by atoms with van der Waals surface area (Å²) >= 11 is 0. The molecule has 0 bridgehead atoms. The van der Waals surface area contributed by atoms with E-state index in [2.05, 4.69) is 21.6 Å². The molecular formula is C24H27FN8O3. The summed E-state index contributed by atoms with van der Waals surface area (Å²) in [5.41, 5.74) is 5.67. The Bertz CT molecular complexity index is 1260. The molecule has 2 aromatic heterocycles. The number of nitrogens with two attached hydrogens (primary N) is 1. The van der Waals surface area contributed by atoms with E-state index in [9.17, 15) is 19.2 Å². The predicted molar refractivity (Wildman–Crippen MR) is 128 cm³/mol. The molecule has 1 aromatic carbocycles. The first-order valence-electron chi connectivity index (χ1n) is 11.4. The first-order chi connectivity index (χ1) is 17.2. The van der Waals surface area contributed by atoms with Gasteiger partial charge in [0.15, 0.2) is 5.82 Å². The molecule has 2 amide bonds. The number of halogens is 1. The molecule has 3 heterocycles. The highest BCUT2D eigenvalue weighted by molar-refractivity contribution is 5.98. The Kier molecular flexibility index (Phi) is 6.91. The summed E-state index contributed by atoms with van der Waals surface area (Å²) in [5.74, 6) is -1.48. The molecule has 36 heavy (non-hydrogen) atoms. The molecule has 3 N–H and O–H groups in total. The highest BCUT2D eigenvalue weighted by Crippen LogP contribution is 2.30. The number of nitriles is 1. The summed E-state index contributed by atoms with van der Waals surface area (Å²) in [4.78, 5) is 26.3. The van der Waals surface area contributed by atoms with E-state index in [1.165, 1.54) is 40.0 Å². The molecule has 1 aliphatic heterocycles. The van der Waals surface area contributed by atoms with E-state index < -0.39 is 29.3 Å². The summed E-state index contributed by atoms with van der Waals surface area (Å²) in [6.45, 7) is 4.42. The second-order valence-corrected chi connectivity index (χ2v) is 9.22. The molecule has 188 valence electrons. The number of likely N-dealkylation sites (tertiary alicyclic amines) is 1. The summed E-state index contributed by atoms with van der Waals surface area (Å²) in [6.07, 6.45) is 4.86. The molecule has 1 aliphatic rings. The Labute approximate surface area is 207 Å². The van der Waals surface area contributed by atoms with E-state index >= 15 is 0 Å². The number of carbonyl (C=O) groups excluding carboxylic acids is 2. The second kappa shape index (κ2) is 10.1. The van der Waals surface area contributed by atoms with Crippen molar-refractivity contribution in [3.05, 3.63) is 60.3 Å². The van der Waals surface area contributed by atoms with E-state index in [1.54, 1.807) is 23.1 Å². The van der Waals surface area contributed by atoms with Gasteiger partial charge in [0.2, 0.25) is 0 Å². The van der Waals surface area contributed by atoms with Gasteiger partial charge in [0.25, 0.3) is 5.91 Å². The summed E-state index contributed by atoms with van der Waals surface area (Å²) in [7, 11) is 0. The van der Waals surface area contributed by atoms with Gasteiger partial charge in [-0.25, -0.2) is 9.18 Å². The lowest BCUT2D eigenvalue weighted by Crippen LogP contribution is -2.45. The van der Waals surface area contributed by atoms with Gasteiger partial charge < -0.3 is 20.7 Å². The largest absolute Gasteiger partial charge is 0.447 e. The SMILES string of the molecule is CC(C)(COC(=O)N1CC[C@H](n2cc(C(N)=O)c(Nc3ccc(F)cc3)n2)[C@@H](C#N)C1)n1cccn1. The van der Waals surface area contributed by atoms with Crippen LogP contribution in [0.1, 0.15) is 36.7 Å². The van der Waals surface area contributed by atoms with Gasteiger partial charge in [-0.2, -0.15) is 15.5 Å². The van der Waals surface area contributed by atoms with Crippen LogP contribution in [-0.4, -0.2) is 56.2 Å². The minimum Gasteiger partial charge on any atom is -0.447 e. The lowest BCUT2D eigenvalue weighted by molar-refractivity contribution is 0.0509. The van der Waals surface area contributed by atoms with Crippen LogP contribution >= 0.6 is 0 Å². The van der Waals surface area contributed by atoms with Gasteiger partial charge in [0.1, 0.15) is 18.0 Å². The number of piperidine rings is 1. The zero-order valence-corrected chi connectivity index (χ0v) is 20.0. The van der Waals surface area contributed by atoms with Crippen molar-refractivity contribution < 1.29 is 18.7 Å². The van der Waals surface area contributed by atoms with Crippen molar-refractivity contribution in [2.45, 2.75) is 31.8 Å². The van der Waals surface area contributed by atoms with E-state index in [0.717, 1.165) is 0 Å². The Morgan fingerprint density at radius 3 is 2.72 bits per heavy atom. The monoisotopic (exact) mass is 494 g/mol. The van der Waals surface area contributed by atoms with Crippen LogP contribution in [0, 0.1) is 23.1 Å². The van der Waals surface area contributed by atoms with Crippen LogP contribution in [0.4, 0.5) is 20.7 Å². The molecule has 12 heteroatoms. The van der Waals surface area contributed by atoms with E-state index in [4.69, 9.17) is 10.5 Å². The number of nitrogens with zero attached hydrogens (tertiary/aromatic N) is 6. The lowest BCUT2D eigenvalue weighted by Gasteiger charge is -2.35. The third-order valence-corrected chi connectivity index (χ3v) is 6.12. The highest BCUT2D eigenvalue weighted by Gasteiger charge is 2.35. The Hall–Kier alpha value is -4.40. The second-order valence-electron chi connectivity index (χ2n) is 9.22. The number of hydrogen-bond acceptors (Lipinski definition) is 7. The van der Waals surface area contributed by atoms with Crippen LogP contribution < -0.4 is 11.1 Å². The molecule has 3 aromatic rings. The van der Waals surface area contributed by atoms with Gasteiger partial charge in [-0.15, -0.1) is 0 Å². The Balaban J connectivity index is 1.44. The third-order valence-electron chi connectivity index (χ3n) is 6.12. The molecule has 2 atom stereocenters. The zero-order chi connectivity index (χ0) is 25.9. The van der Waals surface area contributed by atoms with Gasteiger partial charge in [-0.05, 0) is 50.6 Å². The molecule has 0 aliphatic carbocycles. The Morgan fingerprint density at radius 1 is 1.33 bits per heavy atom. The highest BCUT2D eigenvalue weighted by atomic mass is 19.1. The smallest absolute Gasteiger partial charge is 0.409 e. The summed E-state index contributed by atoms with van der Waals surface area (Å²) in [5, 5.41) is 21.5. The topological polar surface area (TPSA) is 144 Å². The third kappa shape index (κ3) is 5.30. The van der Waals surface area contributed by atoms with E-state index in [-0.39, 0.29) is 30.6 Å². The maximum Gasteiger partial charge on any atom is 0.409 e. The molecular weight excluding hydrogens is 467 g/mol. The van der Waals surface area contributed by atoms with E-state index in [0.29, 0.717) is 18.7 Å². The molecule has 0 unspecified atom stereocenters. The zero-order valence-electron chi connectivity index (χ0n) is 20.0. The number of benzene rings is 1. The van der Waals surface area contributed by atoms with Crippen LogP contribution in [0.5, 0.6) is 0 Å². The fraction of sp³-hybridized carbons (Fsp3) is 0.375. The lowest BCUT2D eigenvalue weighted by atomic mass is 9.94. The van der Waals surface area contributed by atoms with Crippen molar-refractivity contribution in [2.24, 2.45) is 11.7 Å². The number of hydrogen-bond donors (Lipinski definition) is 2. The quantitative estimate of drug-likeness (QED) is 0.514. The maximum absolute atomic E-state index is 13.2. The van der Waals surface area contributed by atoms with Crippen LogP contribution in [0.2, 0.25) is 0 Å². The number of nitrogens with one attached hydrogen (secondary N) is 1. The Morgan fingerprint density at radius 2 is 2.08 bits per heavy atom. The van der Waals surface area contributed by atoms with Crippen molar-refractivity contribution >= 4 is 23.5 Å². The van der Waals surface area contributed by atoms with Crippen molar-refractivity contribution in [1.29, 1.82) is 5.26 Å². The van der Waals surface area contributed by atoms with Crippen LogP contribution in [0.25, 0.3) is 0 Å². The van der Waals surface area contributed by atoms with Crippen LogP contribution in [0.3, 0.4) is 0 Å². The predicted octanol–water partition coefficient (Wildman–Crippen LogP) is 3.02. The van der Waals surface area contributed by atoms with Gasteiger partial charge >= 0.3 is 6.09 Å². The molecule has 0 saturated carbocycles. The molecule has 11 nitrogen and oxygen atoms in total. The van der Waals surface area contributed by atoms with Crippen molar-refractivity contribution in [3.8, 4) is 6.07 Å². The molecule has 1 saturated heterocycles. The molecule has 0 spiro atoms. The number of amides is 2. The average molecular weight is 495 g/mol. The average Bonchev–Trinajstić information content (AvgIpc) is 3.55. The number of aromatic nitrogens is 4. The van der Waals surface area contributed by atoms with Crippen molar-refractivity contribution in [1.82, 2.24) is 24.5 Å². The first kappa shape index (κ1) is 24.7. The number of primary amides is 1. The normalized spacial score (nSPS) is 17.9. The van der Waals surface area contributed by atoms with Crippen LogP contribution in [-0.2, 0) is 10.3 Å². The van der Waals surface area contributed by atoms with Gasteiger partial charge in [0, 0.05) is 37.4 Å². The number of ether oxygens (including phenoxy) is 1. The van der Waals surface area contributed by atoms with Gasteiger partial charge in [0.05, 0.1) is 23.6 Å². The standard InChI is InChI=1S/C24H27FN8O3/c1-24(2,33-10-3-9-28-33)15-36-23(35)31-11-8-20(16(12-26)13-31)32-14-19(21(27)34)22(30-32)29-18-6-4-17(25)5-7-18/h3-7,9-10,14,16,20H,8,11,13,15H2,1-2H3,(H2,27,34)(H,29,30)/t16-,20-/m0/s1. The summed E-state index contributed by atoms with van der Waals surface area (Å²) < 4.78 is 22.0. The van der Waals surface area contributed by atoms with Crippen molar-refractivity contribution in [3.63, 3.8) is 0 Å². The number of rotatable bonds is 7. The fourth-order valence-electron chi connectivity index (χ4n) is 4.08. The minimum absolute atomic E-state index is 0.115. The number of carbonyl (C=O) groups is 2. The van der Waals surface area contributed by atoms with Crippen molar-refractivity contribution in [2.75, 3.05) is 25.0 Å². The molecule has 1 fully saturated rings. The van der Waals surface area contributed by atoms with E-state index in [1.807, 2.05) is 13.8 Å². The van der Waals surface area contributed by atoms with Gasteiger partial charge in [-0.3, -0.25) is 14.2 Å². The minimum atomic E-state index is -0.694. The maximum atomic E-state index is 13.2. The summed E-state index contributed by atoms with van der Waals surface area (Å²) in [6, 6.07) is 9.23. The first-order valence-corrected chi connectivity index (χ1v) is 11.4. The fourth-order valence-corrected chi connectivity index (χ4v) is 4.08. The molecule has 4 rings (SSSR count). The number of anilines is 2. The molecule has 0 radical (unpaired) electrons. The van der Waals surface area contributed by atoms with Crippen LogP contribution in [0.15, 0.2) is 48.9 Å². The van der Waals surface area contributed by atoms with Gasteiger partial charge in [-0.1, -0.05) is 0 Å².